The minimum Gasteiger partial charge on any atom is -0.382 e. The number of amides is 1. The molecule has 0 radical (unpaired) electrons. The molecule has 3 rings (SSSR count). The van der Waals surface area contributed by atoms with Gasteiger partial charge in [-0.3, -0.25) is 9.69 Å². The highest BCUT2D eigenvalue weighted by Gasteiger charge is 2.24. The summed E-state index contributed by atoms with van der Waals surface area (Å²) >= 11 is 1.69. The van der Waals surface area contributed by atoms with Crippen LogP contribution in [-0.4, -0.2) is 53.6 Å². The molecule has 8 heteroatoms. The van der Waals surface area contributed by atoms with Crippen LogP contribution in [0.25, 0.3) is 0 Å². The van der Waals surface area contributed by atoms with Gasteiger partial charge in [0, 0.05) is 36.9 Å². The van der Waals surface area contributed by atoms with Crippen molar-refractivity contribution in [2.45, 2.75) is 6.04 Å². The van der Waals surface area contributed by atoms with Crippen molar-refractivity contribution < 1.29 is 9.53 Å². The molecule has 23 heavy (non-hydrogen) atoms. The molecule has 122 valence electrons. The van der Waals surface area contributed by atoms with Crippen LogP contribution in [0.2, 0.25) is 0 Å². The number of nitrogen functional groups attached to an aromatic ring is 1. The second-order valence-corrected chi connectivity index (χ2v) is 6.16. The van der Waals surface area contributed by atoms with Gasteiger partial charge in [-0.05, 0) is 11.4 Å². The number of hydrogen-bond acceptors (Lipinski definition) is 7. The van der Waals surface area contributed by atoms with Gasteiger partial charge < -0.3 is 15.8 Å². The number of nitrogens with two attached hydrogens (primary N) is 1. The maximum absolute atomic E-state index is 12.3. The van der Waals surface area contributed by atoms with E-state index in [0.717, 1.165) is 13.1 Å². The highest BCUT2D eigenvalue weighted by Crippen LogP contribution is 2.25. The van der Waals surface area contributed by atoms with E-state index in [9.17, 15) is 4.79 Å². The number of carbonyl (C=O) groups excluding carboxylic acids is 1. The predicted octanol–water partition coefficient (Wildman–Crippen LogP) is 0.924. The Balaban J connectivity index is 1.69. The molecule has 3 heterocycles. The lowest BCUT2D eigenvalue weighted by Gasteiger charge is -2.34. The molecule has 1 amide bonds. The van der Waals surface area contributed by atoms with Gasteiger partial charge in [-0.25, -0.2) is 9.97 Å². The monoisotopic (exact) mass is 333 g/mol. The van der Waals surface area contributed by atoms with E-state index in [0.29, 0.717) is 19.8 Å². The standard InChI is InChI=1S/C15H19N5O2S/c16-14-13(17-3-4-18-14)15(21)19-10-11(12-2-1-9-23-12)20-5-7-22-8-6-20/h1-4,9,11H,5-8,10H2,(H2,16,18)(H,19,21)/t11-/m1/s1. The largest absolute Gasteiger partial charge is 0.382 e. The highest BCUT2D eigenvalue weighted by atomic mass is 32.1. The number of carbonyl (C=O) groups is 1. The molecule has 1 fully saturated rings. The Kier molecular flexibility index (Phi) is 5.16. The first-order valence-corrected chi connectivity index (χ1v) is 8.33. The number of thiophene rings is 1. The van der Waals surface area contributed by atoms with Crippen molar-refractivity contribution in [3.05, 3.63) is 40.5 Å². The number of rotatable bonds is 5. The normalized spacial score (nSPS) is 16.9. The molecule has 7 nitrogen and oxygen atoms in total. The maximum atomic E-state index is 12.3. The summed E-state index contributed by atoms with van der Waals surface area (Å²) in [6.45, 7) is 3.63. The second kappa shape index (κ2) is 7.49. The van der Waals surface area contributed by atoms with Gasteiger partial charge in [0.15, 0.2) is 11.5 Å². The lowest BCUT2D eigenvalue weighted by molar-refractivity contribution is 0.0169. The summed E-state index contributed by atoms with van der Waals surface area (Å²) in [6, 6.07) is 4.24. The Hall–Kier alpha value is -2.03. The molecule has 0 aromatic carbocycles. The number of hydrogen-bond donors (Lipinski definition) is 2. The van der Waals surface area contributed by atoms with Gasteiger partial charge >= 0.3 is 0 Å². The summed E-state index contributed by atoms with van der Waals surface area (Å²) in [5.74, 6) is -0.158. The molecule has 1 aliphatic rings. The van der Waals surface area contributed by atoms with Crippen molar-refractivity contribution in [1.29, 1.82) is 0 Å². The van der Waals surface area contributed by atoms with Gasteiger partial charge in [-0.2, -0.15) is 0 Å². The molecular formula is C15H19N5O2S. The molecule has 0 aliphatic carbocycles. The second-order valence-electron chi connectivity index (χ2n) is 5.18. The summed E-state index contributed by atoms with van der Waals surface area (Å²) in [6.07, 6.45) is 2.93. The highest BCUT2D eigenvalue weighted by molar-refractivity contribution is 7.10. The van der Waals surface area contributed by atoms with E-state index in [2.05, 4.69) is 26.3 Å². The van der Waals surface area contributed by atoms with E-state index in [4.69, 9.17) is 10.5 Å². The third-order valence-electron chi connectivity index (χ3n) is 3.76. The zero-order valence-electron chi connectivity index (χ0n) is 12.6. The van der Waals surface area contributed by atoms with Gasteiger partial charge in [0.1, 0.15) is 0 Å². The summed E-state index contributed by atoms with van der Waals surface area (Å²) in [4.78, 5) is 23.7. The molecule has 0 unspecified atom stereocenters. The number of ether oxygens (including phenoxy) is 1. The Morgan fingerprint density at radius 1 is 1.39 bits per heavy atom. The zero-order valence-corrected chi connectivity index (χ0v) is 13.5. The molecule has 3 N–H and O–H groups in total. The van der Waals surface area contributed by atoms with Crippen LogP contribution in [0.15, 0.2) is 29.9 Å². The number of morpholine rings is 1. The average molecular weight is 333 g/mol. The van der Waals surface area contributed by atoms with Gasteiger partial charge in [-0.1, -0.05) is 6.07 Å². The lowest BCUT2D eigenvalue weighted by atomic mass is 10.2. The molecule has 2 aromatic heterocycles. The van der Waals surface area contributed by atoms with Crippen LogP contribution in [-0.2, 0) is 4.74 Å². The fourth-order valence-corrected chi connectivity index (χ4v) is 3.44. The molecule has 0 bridgehead atoms. The first kappa shape index (κ1) is 15.9. The van der Waals surface area contributed by atoms with Crippen molar-refractivity contribution in [2.75, 3.05) is 38.6 Å². The molecule has 1 atom stereocenters. The van der Waals surface area contributed by atoms with Crippen LogP contribution >= 0.6 is 11.3 Å². The Morgan fingerprint density at radius 3 is 2.87 bits per heavy atom. The van der Waals surface area contributed by atoms with E-state index in [-0.39, 0.29) is 23.5 Å². The summed E-state index contributed by atoms with van der Waals surface area (Å²) < 4.78 is 5.42. The Bertz CT molecular complexity index is 643. The van der Waals surface area contributed by atoms with Crippen LogP contribution in [0.4, 0.5) is 5.82 Å². The summed E-state index contributed by atoms with van der Waals surface area (Å²) in [7, 11) is 0. The quantitative estimate of drug-likeness (QED) is 0.845. The lowest BCUT2D eigenvalue weighted by Crippen LogP contribution is -2.43. The molecular weight excluding hydrogens is 314 g/mol. The number of anilines is 1. The third-order valence-corrected chi connectivity index (χ3v) is 4.73. The SMILES string of the molecule is Nc1nccnc1C(=O)NC[C@H](c1cccs1)N1CCOCC1. The molecule has 0 saturated carbocycles. The topological polar surface area (TPSA) is 93.4 Å². The van der Waals surface area contributed by atoms with Crippen molar-refractivity contribution in [3.8, 4) is 0 Å². The molecule has 2 aromatic rings. The van der Waals surface area contributed by atoms with E-state index < -0.39 is 0 Å². The molecule has 0 spiro atoms. The van der Waals surface area contributed by atoms with Crippen LogP contribution < -0.4 is 11.1 Å². The Morgan fingerprint density at radius 2 is 2.17 bits per heavy atom. The Labute approximate surface area is 138 Å². The average Bonchev–Trinajstić information content (AvgIpc) is 3.10. The summed E-state index contributed by atoms with van der Waals surface area (Å²) in [5.41, 5.74) is 5.87. The van der Waals surface area contributed by atoms with Crippen LogP contribution in [0.3, 0.4) is 0 Å². The van der Waals surface area contributed by atoms with Gasteiger partial charge in [0.2, 0.25) is 0 Å². The third kappa shape index (κ3) is 3.84. The first-order chi connectivity index (χ1) is 11.3. The van der Waals surface area contributed by atoms with E-state index in [1.165, 1.54) is 17.3 Å². The fraction of sp³-hybridized carbons (Fsp3) is 0.400. The van der Waals surface area contributed by atoms with Gasteiger partial charge in [0.05, 0.1) is 19.3 Å². The number of aromatic nitrogens is 2. The minimum absolute atomic E-state index is 0.126. The smallest absolute Gasteiger partial charge is 0.273 e. The fourth-order valence-electron chi connectivity index (χ4n) is 2.58. The van der Waals surface area contributed by atoms with Crippen LogP contribution in [0, 0.1) is 0 Å². The number of nitrogens with zero attached hydrogens (tertiary/aromatic N) is 3. The van der Waals surface area contributed by atoms with Crippen molar-refractivity contribution in [3.63, 3.8) is 0 Å². The van der Waals surface area contributed by atoms with Gasteiger partial charge in [0.25, 0.3) is 5.91 Å². The first-order valence-electron chi connectivity index (χ1n) is 7.45. The van der Waals surface area contributed by atoms with E-state index in [1.54, 1.807) is 11.3 Å². The predicted molar refractivity (Wildman–Crippen MR) is 88.2 cm³/mol. The van der Waals surface area contributed by atoms with Crippen LogP contribution in [0.1, 0.15) is 21.4 Å². The summed E-state index contributed by atoms with van der Waals surface area (Å²) in [5, 5.41) is 4.98. The van der Waals surface area contributed by atoms with Crippen LogP contribution in [0.5, 0.6) is 0 Å². The minimum atomic E-state index is -0.301. The molecule has 1 aliphatic heterocycles. The van der Waals surface area contributed by atoms with E-state index in [1.807, 2.05) is 11.4 Å². The number of nitrogens with one attached hydrogen (secondary N) is 1. The zero-order chi connectivity index (χ0) is 16.1. The maximum Gasteiger partial charge on any atom is 0.273 e. The van der Waals surface area contributed by atoms with Crippen molar-refractivity contribution in [2.24, 2.45) is 0 Å². The van der Waals surface area contributed by atoms with E-state index >= 15 is 0 Å². The van der Waals surface area contributed by atoms with Crippen molar-refractivity contribution in [1.82, 2.24) is 20.2 Å². The van der Waals surface area contributed by atoms with Crippen molar-refractivity contribution >= 4 is 23.1 Å². The molecule has 1 saturated heterocycles. The van der Waals surface area contributed by atoms with Gasteiger partial charge in [-0.15, -0.1) is 11.3 Å².